The molecule has 5 heteroatoms. The van der Waals surface area contributed by atoms with Crippen LogP contribution in [-0.4, -0.2) is 43.3 Å². The minimum Gasteiger partial charge on any atom is -0.496 e. The molecule has 0 saturated carbocycles. The highest BCUT2D eigenvalue weighted by atomic mass is 32.1. The van der Waals surface area contributed by atoms with E-state index in [9.17, 15) is 0 Å². The number of benzene rings is 1. The number of ether oxygens (including phenoxy) is 2. The van der Waals surface area contributed by atoms with E-state index in [2.05, 4.69) is 11.0 Å². The summed E-state index contributed by atoms with van der Waals surface area (Å²) in [6.07, 6.45) is 2.68. The molecule has 1 aromatic rings. The number of likely N-dealkylation sites (tertiary alicyclic amines) is 1. The summed E-state index contributed by atoms with van der Waals surface area (Å²) in [4.78, 5) is 2.78. The SMILES string of the molecule is COc1cc(CN2CCCC(OC)C2)ccc1C(N)=S. The zero-order chi connectivity index (χ0) is 14.5. The second kappa shape index (κ2) is 7.02. The lowest BCUT2D eigenvalue weighted by molar-refractivity contribution is 0.0285. The summed E-state index contributed by atoms with van der Waals surface area (Å²) in [5.41, 5.74) is 7.68. The molecule has 1 atom stereocenters. The van der Waals surface area contributed by atoms with Crippen molar-refractivity contribution in [3.05, 3.63) is 29.3 Å². The highest BCUT2D eigenvalue weighted by Crippen LogP contribution is 2.22. The van der Waals surface area contributed by atoms with Crippen LogP contribution in [0.2, 0.25) is 0 Å². The number of nitrogens with zero attached hydrogens (tertiary/aromatic N) is 1. The van der Waals surface area contributed by atoms with Crippen LogP contribution >= 0.6 is 12.2 Å². The van der Waals surface area contributed by atoms with E-state index in [0.29, 0.717) is 11.1 Å². The van der Waals surface area contributed by atoms with Gasteiger partial charge in [0.2, 0.25) is 0 Å². The van der Waals surface area contributed by atoms with Crippen LogP contribution in [-0.2, 0) is 11.3 Å². The molecule has 1 saturated heterocycles. The van der Waals surface area contributed by atoms with Crippen molar-refractivity contribution in [2.24, 2.45) is 5.73 Å². The van der Waals surface area contributed by atoms with Crippen molar-refractivity contribution in [2.45, 2.75) is 25.5 Å². The monoisotopic (exact) mass is 294 g/mol. The van der Waals surface area contributed by atoms with E-state index in [-0.39, 0.29) is 0 Å². The fourth-order valence-electron chi connectivity index (χ4n) is 2.64. The van der Waals surface area contributed by atoms with E-state index >= 15 is 0 Å². The fraction of sp³-hybridized carbons (Fsp3) is 0.533. The molecule has 0 spiro atoms. The third-order valence-corrected chi connectivity index (χ3v) is 3.95. The largest absolute Gasteiger partial charge is 0.496 e. The molecule has 0 bridgehead atoms. The molecular formula is C15H22N2O2S. The average molecular weight is 294 g/mol. The first-order valence-corrected chi connectivity index (χ1v) is 7.26. The van der Waals surface area contributed by atoms with Crippen LogP contribution in [0.15, 0.2) is 18.2 Å². The Labute approximate surface area is 125 Å². The Kier molecular flexibility index (Phi) is 5.34. The molecule has 0 radical (unpaired) electrons. The number of nitrogens with two attached hydrogens (primary N) is 1. The zero-order valence-corrected chi connectivity index (χ0v) is 12.9. The summed E-state index contributed by atoms with van der Waals surface area (Å²) in [5, 5.41) is 0. The van der Waals surface area contributed by atoms with Crippen molar-refractivity contribution >= 4 is 17.2 Å². The van der Waals surface area contributed by atoms with Gasteiger partial charge in [0, 0.05) is 20.2 Å². The van der Waals surface area contributed by atoms with Crippen molar-refractivity contribution in [1.29, 1.82) is 0 Å². The second-order valence-corrected chi connectivity index (χ2v) is 5.57. The number of piperidine rings is 1. The maximum absolute atomic E-state index is 5.69. The standard InChI is InChI=1S/C15H22N2O2S/c1-18-12-4-3-7-17(10-12)9-11-5-6-13(15(16)20)14(8-11)19-2/h5-6,8,12H,3-4,7,9-10H2,1-2H3,(H2,16,20). The molecule has 0 aliphatic carbocycles. The maximum Gasteiger partial charge on any atom is 0.129 e. The van der Waals surface area contributed by atoms with E-state index in [1.807, 2.05) is 12.1 Å². The lowest BCUT2D eigenvalue weighted by Crippen LogP contribution is -2.38. The minimum atomic E-state index is 0.349. The molecule has 1 aliphatic rings. The number of hydrogen-bond donors (Lipinski definition) is 1. The van der Waals surface area contributed by atoms with E-state index in [4.69, 9.17) is 27.4 Å². The van der Waals surface area contributed by atoms with Crippen molar-refractivity contribution in [2.75, 3.05) is 27.3 Å². The third-order valence-electron chi connectivity index (χ3n) is 3.73. The molecule has 1 fully saturated rings. The van der Waals surface area contributed by atoms with E-state index < -0.39 is 0 Å². The lowest BCUT2D eigenvalue weighted by atomic mass is 10.1. The molecular weight excluding hydrogens is 272 g/mol. The molecule has 1 aromatic carbocycles. The normalized spacial score (nSPS) is 19.8. The molecule has 0 amide bonds. The van der Waals surface area contributed by atoms with Crippen molar-refractivity contribution in [1.82, 2.24) is 4.90 Å². The Morgan fingerprint density at radius 2 is 2.25 bits per heavy atom. The number of hydrogen-bond acceptors (Lipinski definition) is 4. The summed E-state index contributed by atoms with van der Waals surface area (Å²) in [5.74, 6) is 0.746. The van der Waals surface area contributed by atoms with Gasteiger partial charge in [-0.05, 0) is 37.1 Å². The van der Waals surface area contributed by atoms with Gasteiger partial charge in [0.1, 0.15) is 10.7 Å². The maximum atomic E-state index is 5.69. The molecule has 1 aliphatic heterocycles. The van der Waals surface area contributed by atoms with Crippen molar-refractivity contribution in [3.63, 3.8) is 0 Å². The highest BCUT2D eigenvalue weighted by molar-refractivity contribution is 7.80. The molecule has 4 nitrogen and oxygen atoms in total. The summed E-state index contributed by atoms with van der Waals surface area (Å²) < 4.78 is 10.8. The van der Waals surface area contributed by atoms with Gasteiger partial charge in [0.05, 0.1) is 18.8 Å². The first-order chi connectivity index (χ1) is 9.63. The first-order valence-electron chi connectivity index (χ1n) is 6.86. The Bertz CT molecular complexity index is 479. The predicted octanol–water partition coefficient (Wildman–Crippen LogP) is 1.94. The smallest absolute Gasteiger partial charge is 0.129 e. The van der Waals surface area contributed by atoms with E-state index in [1.165, 1.54) is 12.0 Å². The molecule has 2 N–H and O–H groups in total. The summed E-state index contributed by atoms with van der Waals surface area (Å²) in [6, 6.07) is 6.02. The van der Waals surface area contributed by atoms with Crippen LogP contribution in [0.5, 0.6) is 5.75 Å². The fourth-order valence-corrected chi connectivity index (χ4v) is 2.81. The Balaban J connectivity index is 2.07. The van der Waals surface area contributed by atoms with Crippen LogP contribution < -0.4 is 10.5 Å². The van der Waals surface area contributed by atoms with Gasteiger partial charge < -0.3 is 15.2 Å². The zero-order valence-electron chi connectivity index (χ0n) is 12.1. The molecule has 0 aromatic heterocycles. The van der Waals surface area contributed by atoms with Crippen LogP contribution in [0, 0.1) is 0 Å². The number of methoxy groups -OCH3 is 2. The first kappa shape index (κ1) is 15.2. The van der Waals surface area contributed by atoms with Gasteiger partial charge in [0.15, 0.2) is 0 Å². The summed E-state index contributed by atoms with van der Waals surface area (Å²) in [6.45, 7) is 2.99. The lowest BCUT2D eigenvalue weighted by Gasteiger charge is -2.32. The average Bonchev–Trinajstić information content (AvgIpc) is 2.47. The summed E-state index contributed by atoms with van der Waals surface area (Å²) in [7, 11) is 3.43. The molecule has 110 valence electrons. The number of rotatable bonds is 5. The number of thiocarbonyl (C=S) groups is 1. The van der Waals surface area contributed by atoms with Gasteiger partial charge >= 0.3 is 0 Å². The predicted molar refractivity (Wildman–Crippen MR) is 84.2 cm³/mol. The van der Waals surface area contributed by atoms with Gasteiger partial charge in [0.25, 0.3) is 0 Å². The van der Waals surface area contributed by atoms with Gasteiger partial charge in [-0.25, -0.2) is 0 Å². The molecule has 1 heterocycles. The van der Waals surface area contributed by atoms with Gasteiger partial charge in [-0.15, -0.1) is 0 Å². The van der Waals surface area contributed by atoms with Crippen LogP contribution in [0.4, 0.5) is 0 Å². The van der Waals surface area contributed by atoms with Gasteiger partial charge in [-0.2, -0.15) is 0 Å². The second-order valence-electron chi connectivity index (χ2n) is 5.13. The topological polar surface area (TPSA) is 47.7 Å². The molecule has 20 heavy (non-hydrogen) atoms. The van der Waals surface area contributed by atoms with Crippen molar-refractivity contribution in [3.8, 4) is 5.75 Å². The van der Waals surface area contributed by atoms with E-state index in [0.717, 1.165) is 37.4 Å². The van der Waals surface area contributed by atoms with Crippen LogP contribution in [0.25, 0.3) is 0 Å². The summed E-state index contributed by atoms with van der Waals surface area (Å²) >= 11 is 5.02. The molecule has 1 unspecified atom stereocenters. The Hall–Kier alpha value is -1.17. The third kappa shape index (κ3) is 3.69. The Morgan fingerprint density at radius 1 is 1.45 bits per heavy atom. The van der Waals surface area contributed by atoms with Gasteiger partial charge in [-0.3, -0.25) is 4.90 Å². The van der Waals surface area contributed by atoms with E-state index in [1.54, 1.807) is 14.2 Å². The quantitative estimate of drug-likeness (QED) is 0.841. The van der Waals surface area contributed by atoms with Crippen LogP contribution in [0.3, 0.4) is 0 Å². The Morgan fingerprint density at radius 3 is 2.90 bits per heavy atom. The van der Waals surface area contributed by atoms with Crippen LogP contribution in [0.1, 0.15) is 24.0 Å². The molecule has 2 rings (SSSR count). The van der Waals surface area contributed by atoms with Gasteiger partial charge in [-0.1, -0.05) is 18.3 Å². The minimum absolute atomic E-state index is 0.349. The van der Waals surface area contributed by atoms with Crippen molar-refractivity contribution < 1.29 is 9.47 Å². The highest BCUT2D eigenvalue weighted by Gasteiger charge is 2.19.